The Bertz CT molecular complexity index is 109. The Morgan fingerprint density at radius 3 is 2.75 bits per heavy atom. The Kier molecular flexibility index (Phi) is 3.66. The summed E-state index contributed by atoms with van der Waals surface area (Å²) in [5.74, 6) is 0. The summed E-state index contributed by atoms with van der Waals surface area (Å²) in [6.45, 7) is 0. The molecule has 0 aromatic carbocycles. The van der Waals surface area contributed by atoms with Crippen molar-refractivity contribution in [1.82, 2.24) is 0 Å². The molecule has 1 N–H and O–H groups in total. The summed E-state index contributed by atoms with van der Waals surface area (Å²) >= 11 is 0. The van der Waals surface area contributed by atoms with Gasteiger partial charge in [0.2, 0.25) is 0 Å². The first-order valence-electron chi connectivity index (χ1n) is 2.19. The minimum Gasteiger partial charge on any atom is -0.302 e. The molecule has 3 heteroatoms. The van der Waals surface area contributed by atoms with E-state index in [1.807, 2.05) is 0 Å². The second-order valence-corrected chi connectivity index (χ2v) is 1.29. The maximum Gasteiger partial charge on any atom is 0.198 e. The van der Waals surface area contributed by atoms with Crippen molar-refractivity contribution in [3.63, 3.8) is 0 Å². The predicted octanol–water partition coefficient (Wildman–Crippen LogP) is 0.0950. The topological polar surface area (TPSA) is 58.0 Å². The number of hydrogen-bond donors (Lipinski definition) is 1. The van der Waals surface area contributed by atoms with Crippen LogP contribution in [0.3, 0.4) is 0 Å². The van der Waals surface area contributed by atoms with E-state index in [1.54, 1.807) is 6.29 Å². The van der Waals surface area contributed by atoms with Crippen LogP contribution >= 0.6 is 0 Å². The van der Waals surface area contributed by atoms with Crippen molar-refractivity contribution < 1.29 is 9.59 Å². The van der Waals surface area contributed by atoms with Gasteiger partial charge in [0.25, 0.3) is 0 Å². The fourth-order valence-corrected chi connectivity index (χ4v) is 0.245. The molecule has 0 fully saturated rings. The van der Waals surface area contributed by atoms with Crippen molar-refractivity contribution in [3.8, 4) is 0 Å². The molecule has 0 aliphatic heterocycles. The summed E-state index contributed by atoms with van der Waals surface area (Å²) in [7, 11) is 0. The Hall–Kier alpha value is -0.990. The Morgan fingerprint density at radius 2 is 2.38 bits per heavy atom. The molecule has 0 aromatic rings. The monoisotopic (exact) mass is 112 g/mol. The maximum absolute atomic E-state index is 9.66. The van der Waals surface area contributed by atoms with Gasteiger partial charge in [0, 0.05) is 6.42 Å². The molecule has 0 bridgehead atoms. The molecule has 0 atom stereocenters. The highest BCUT2D eigenvalue weighted by atomic mass is 16.1. The van der Waals surface area contributed by atoms with Crippen LogP contribution in [0.25, 0.3) is 0 Å². The van der Waals surface area contributed by atoms with Gasteiger partial charge in [0.15, 0.2) is 12.6 Å². The van der Waals surface area contributed by atoms with Crippen LogP contribution < -0.4 is 0 Å². The number of carbonyl (C=O) groups excluding carboxylic acids is 2. The zero-order valence-electron chi connectivity index (χ0n) is 4.31. The second-order valence-electron chi connectivity index (χ2n) is 1.29. The van der Waals surface area contributed by atoms with E-state index in [9.17, 15) is 9.59 Å². The SMILES string of the molecule is N=C(C=O)CC[C]=O. The molecule has 0 spiro atoms. The average Bonchev–Trinajstić information content (AvgIpc) is 1.83. The van der Waals surface area contributed by atoms with Gasteiger partial charge in [-0.2, -0.15) is 0 Å². The van der Waals surface area contributed by atoms with Crippen molar-refractivity contribution in [2.75, 3.05) is 0 Å². The van der Waals surface area contributed by atoms with E-state index in [4.69, 9.17) is 5.41 Å². The molecule has 0 unspecified atom stereocenters. The molecule has 0 amide bonds. The van der Waals surface area contributed by atoms with E-state index in [-0.39, 0.29) is 18.6 Å². The van der Waals surface area contributed by atoms with Gasteiger partial charge in [-0.05, 0) is 6.42 Å². The third-order valence-electron chi connectivity index (χ3n) is 0.639. The highest BCUT2D eigenvalue weighted by Crippen LogP contribution is 1.82. The average molecular weight is 112 g/mol. The number of nitrogens with one attached hydrogen (secondary N) is 1. The molecule has 0 saturated heterocycles. The summed E-state index contributed by atoms with van der Waals surface area (Å²) in [6, 6.07) is 0. The fourth-order valence-electron chi connectivity index (χ4n) is 0.245. The highest BCUT2D eigenvalue weighted by molar-refractivity contribution is 6.26. The Balaban J connectivity index is 3.24. The summed E-state index contributed by atoms with van der Waals surface area (Å²) < 4.78 is 0. The van der Waals surface area contributed by atoms with Crippen LogP contribution in [-0.2, 0) is 9.59 Å². The summed E-state index contributed by atoms with van der Waals surface area (Å²) in [4.78, 5) is 19.1. The zero-order chi connectivity index (χ0) is 6.41. The molecular weight excluding hydrogens is 106 g/mol. The molecule has 8 heavy (non-hydrogen) atoms. The van der Waals surface area contributed by atoms with Gasteiger partial charge in [0.1, 0.15) is 0 Å². The standard InChI is InChI=1S/C5H6NO2/c6-5(4-8)2-1-3-7/h4,6H,1-2H2. The molecule has 0 saturated carbocycles. The van der Waals surface area contributed by atoms with Crippen LogP contribution in [0.15, 0.2) is 0 Å². The van der Waals surface area contributed by atoms with Crippen LogP contribution in [0, 0.1) is 5.41 Å². The molecule has 0 heterocycles. The highest BCUT2D eigenvalue weighted by Gasteiger charge is 1.90. The third-order valence-corrected chi connectivity index (χ3v) is 0.639. The summed E-state index contributed by atoms with van der Waals surface area (Å²) in [5.41, 5.74) is -0.0478. The van der Waals surface area contributed by atoms with Crippen molar-refractivity contribution in [2.24, 2.45) is 0 Å². The minimum absolute atomic E-state index is 0.0478. The Morgan fingerprint density at radius 1 is 1.75 bits per heavy atom. The van der Waals surface area contributed by atoms with Crippen molar-refractivity contribution in [3.05, 3.63) is 0 Å². The molecular formula is C5H6NO2. The van der Waals surface area contributed by atoms with E-state index in [0.29, 0.717) is 6.29 Å². The van der Waals surface area contributed by atoms with E-state index in [1.165, 1.54) is 0 Å². The van der Waals surface area contributed by atoms with Crippen molar-refractivity contribution in [2.45, 2.75) is 12.8 Å². The van der Waals surface area contributed by atoms with Gasteiger partial charge in [-0.15, -0.1) is 0 Å². The molecule has 1 radical (unpaired) electrons. The molecule has 3 nitrogen and oxygen atoms in total. The lowest BCUT2D eigenvalue weighted by Gasteiger charge is -1.83. The normalized spacial score (nSPS) is 8.00. The number of aldehydes is 1. The first-order chi connectivity index (χ1) is 3.81. The van der Waals surface area contributed by atoms with Gasteiger partial charge < -0.3 is 5.41 Å². The van der Waals surface area contributed by atoms with Crippen LogP contribution in [-0.4, -0.2) is 18.3 Å². The molecule has 43 valence electrons. The minimum atomic E-state index is -0.0478. The molecule has 0 aliphatic carbocycles. The van der Waals surface area contributed by atoms with E-state index >= 15 is 0 Å². The van der Waals surface area contributed by atoms with Gasteiger partial charge in [0.05, 0.1) is 5.71 Å². The van der Waals surface area contributed by atoms with Crippen LogP contribution in [0.2, 0.25) is 0 Å². The summed E-state index contributed by atoms with van der Waals surface area (Å²) in [6.07, 6.45) is 2.38. The lowest BCUT2D eigenvalue weighted by atomic mass is 10.2. The number of carbonyl (C=O) groups is 1. The lowest BCUT2D eigenvalue weighted by molar-refractivity contribution is -0.102. The van der Waals surface area contributed by atoms with E-state index in [2.05, 4.69) is 0 Å². The van der Waals surface area contributed by atoms with Gasteiger partial charge in [-0.3, -0.25) is 9.59 Å². The predicted molar refractivity (Wildman–Crippen MR) is 28.7 cm³/mol. The lowest BCUT2D eigenvalue weighted by Crippen LogP contribution is -1.96. The largest absolute Gasteiger partial charge is 0.302 e. The van der Waals surface area contributed by atoms with Crippen LogP contribution in [0.4, 0.5) is 0 Å². The zero-order valence-corrected chi connectivity index (χ0v) is 4.31. The molecule has 0 aromatic heterocycles. The quantitative estimate of drug-likeness (QED) is 0.414. The van der Waals surface area contributed by atoms with Gasteiger partial charge >= 0.3 is 0 Å². The number of rotatable bonds is 4. The van der Waals surface area contributed by atoms with E-state index in [0.717, 1.165) is 0 Å². The molecule has 0 aliphatic rings. The Labute approximate surface area is 47.2 Å². The second kappa shape index (κ2) is 4.18. The van der Waals surface area contributed by atoms with Crippen molar-refractivity contribution in [1.29, 1.82) is 5.41 Å². The fraction of sp³-hybridized carbons (Fsp3) is 0.400. The first kappa shape index (κ1) is 7.01. The summed E-state index contributed by atoms with van der Waals surface area (Å²) in [5, 5.41) is 6.69. The number of hydrogen-bond acceptors (Lipinski definition) is 3. The van der Waals surface area contributed by atoms with Crippen molar-refractivity contribution >= 4 is 18.3 Å². The van der Waals surface area contributed by atoms with Gasteiger partial charge in [-0.25, -0.2) is 0 Å². The maximum atomic E-state index is 9.66. The first-order valence-corrected chi connectivity index (χ1v) is 2.19. The van der Waals surface area contributed by atoms with Crippen LogP contribution in [0.1, 0.15) is 12.8 Å². The van der Waals surface area contributed by atoms with Crippen LogP contribution in [0.5, 0.6) is 0 Å². The smallest absolute Gasteiger partial charge is 0.198 e. The van der Waals surface area contributed by atoms with Gasteiger partial charge in [-0.1, -0.05) is 0 Å². The van der Waals surface area contributed by atoms with E-state index < -0.39 is 0 Å². The third kappa shape index (κ3) is 3.21. The molecule has 0 rings (SSSR count).